The molecule has 2 rings (SSSR count). The normalized spacial score (nSPS) is 15.1. The Kier molecular flexibility index (Phi) is 11.5. The van der Waals surface area contributed by atoms with Gasteiger partial charge in [0, 0.05) is 43.4 Å². The van der Waals surface area contributed by atoms with Gasteiger partial charge in [0.1, 0.15) is 5.82 Å². The Hall–Kier alpha value is -1.23. The molecule has 1 amide bonds. The average molecular weight is 510 g/mol. The van der Waals surface area contributed by atoms with Crippen LogP contribution < -0.4 is 10.6 Å². The topological polar surface area (TPSA) is 66.0 Å². The SMILES string of the molecule is CCOC(=O)N1CCC(NC(=NC)NCCSc2ccccc2F)CC1.I. The minimum absolute atomic E-state index is 0. The Morgan fingerprint density at radius 2 is 2.07 bits per heavy atom. The number of likely N-dealkylation sites (tertiary alicyclic amines) is 1. The fourth-order valence-electron chi connectivity index (χ4n) is 2.70. The molecule has 1 fully saturated rings. The van der Waals surface area contributed by atoms with E-state index in [1.54, 1.807) is 24.1 Å². The van der Waals surface area contributed by atoms with Crippen LogP contribution in [-0.2, 0) is 4.74 Å². The largest absolute Gasteiger partial charge is 0.450 e. The summed E-state index contributed by atoms with van der Waals surface area (Å²) in [6, 6.07) is 7.05. The van der Waals surface area contributed by atoms with Crippen molar-refractivity contribution in [2.24, 2.45) is 4.99 Å². The van der Waals surface area contributed by atoms with Crippen molar-refractivity contribution in [2.45, 2.75) is 30.7 Å². The number of nitrogens with zero attached hydrogens (tertiary/aromatic N) is 2. The van der Waals surface area contributed by atoms with Gasteiger partial charge in [-0.2, -0.15) is 0 Å². The van der Waals surface area contributed by atoms with E-state index in [9.17, 15) is 9.18 Å². The number of carbonyl (C=O) groups excluding carboxylic acids is 1. The number of hydrogen-bond acceptors (Lipinski definition) is 4. The van der Waals surface area contributed by atoms with Crippen LogP contribution in [0.15, 0.2) is 34.2 Å². The van der Waals surface area contributed by atoms with Crippen LogP contribution in [-0.4, -0.2) is 62.0 Å². The lowest BCUT2D eigenvalue weighted by Gasteiger charge is -2.32. The molecule has 0 bridgehead atoms. The fraction of sp³-hybridized carbons (Fsp3) is 0.556. The molecule has 0 saturated carbocycles. The van der Waals surface area contributed by atoms with Gasteiger partial charge >= 0.3 is 6.09 Å². The summed E-state index contributed by atoms with van der Waals surface area (Å²) in [5, 5.41) is 6.64. The van der Waals surface area contributed by atoms with Crippen LogP contribution in [0.5, 0.6) is 0 Å². The molecule has 0 radical (unpaired) electrons. The number of nitrogens with one attached hydrogen (secondary N) is 2. The maximum atomic E-state index is 13.6. The minimum atomic E-state index is -0.237. The standard InChI is InChI=1S/C18H27FN4O2S.HI/c1-3-25-18(24)23-11-8-14(9-12-23)22-17(20-2)21-10-13-26-16-7-5-4-6-15(16)19;/h4-7,14H,3,8-13H2,1-2H3,(H2,20,21,22);1H. The zero-order valence-electron chi connectivity index (χ0n) is 15.7. The Morgan fingerprint density at radius 1 is 1.37 bits per heavy atom. The molecular formula is C18H28FIN4O2S. The van der Waals surface area contributed by atoms with E-state index in [1.165, 1.54) is 17.8 Å². The molecule has 27 heavy (non-hydrogen) atoms. The molecule has 0 atom stereocenters. The van der Waals surface area contributed by atoms with Gasteiger partial charge in [0.05, 0.1) is 6.61 Å². The van der Waals surface area contributed by atoms with Gasteiger partial charge in [-0.05, 0) is 31.9 Å². The summed E-state index contributed by atoms with van der Waals surface area (Å²) in [7, 11) is 1.73. The first kappa shape index (κ1) is 23.8. The van der Waals surface area contributed by atoms with Crippen LogP contribution in [0.1, 0.15) is 19.8 Å². The summed E-state index contributed by atoms with van der Waals surface area (Å²) in [4.78, 5) is 18.3. The lowest BCUT2D eigenvalue weighted by molar-refractivity contribution is 0.0963. The zero-order valence-corrected chi connectivity index (χ0v) is 18.9. The number of hydrogen-bond donors (Lipinski definition) is 2. The number of guanidine groups is 1. The van der Waals surface area contributed by atoms with Crippen molar-refractivity contribution in [1.82, 2.24) is 15.5 Å². The van der Waals surface area contributed by atoms with Crippen LogP contribution in [0, 0.1) is 5.82 Å². The summed E-state index contributed by atoms with van der Waals surface area (Å²) in [5.41, 5.74) is 0. The molecule has 2 N–H and O–H groups in total. The average Bonchev–Trinajstić information content (AvgIpc) is 2.66. The van der Waals surface area contributed by atoms with Gasteiger partial charge in [-0.3, -0.25) is 4.99 Å². The van der Waals surface area contributed by atoms with E-state index in [4.69, 9.17) is 4.74 Å². The Labute approximate surface area is 181 Å². The van der Waals surface area contributed by atoms with Gasteiger partial charge in [-0.15, -0.1) is 35.7 Å². The number of benzene rings is 1. The molecule has 1 aromatic carbocycles. The number of aliphatic imine (C=N–C) groups is 1. The molecule has 1 heterocycles. The van der Waals surface area contributed by atoms with E-state index in [-0.39, 0.29) is 41.9 Å². The van der Waals surface area contributed by atoms with Gasteiger partial charge < -0.3 is 20.3 Å². The van der Waals surface area contributed by atoms with Crippen molar-refractivity contribution in [2.75, 3.05) is 39.0 Å². The predicted molar refractivity (Wildman–Crippen MR) is 119 cm³/mol. The third-order valence-corrected chi connectivity index (χ3v) is 5.12. The van der Waals surface area contributed by atoms with Crippen LogP contribution in [0.2, 0.25) is 0 Å². The number of carbonyl (C=O) groups is 1. The molecule has 152 valence electrons. The number of amides is 1. The molecular weight excluding hydrogens is 482 g/mol. The number of thioether (sulfide) groups is 1. The second-order valence-electron chi connectivity index (χ2n) is 5.88. The lowest BCUT2D eigenvalue weighted by atomic mass is 10.1. The zero-order chi connectivity index (χ0) is 18.8. The van der Waals surface area contributed by atoms with E-state index in [1.807, 2.05) is 13.0 Å². The molecule has 0 aromatic heterocycles. The van der Waals surface area contributed by atoms with Gasteiger partial charge in [0.2, 0.25) is 0 Å². The van der Waals surface area contributed by atoms with Gasteiger partial charge in [0.25, 0.3) is 0 Å². The summed E-state index contributed by atoms with van der Waals surface area (Å²) >= 11 is 1.48. The third kappa shape index (κ3) is 8.12. The van der Waals surface area contributed by atoms with Gasteiger partial charge in [-0.1, -0.05) is 12.1 Å². The second kappa shape index (κ2) is 13.0. The molecule has 0 spiro atoms. The fourth-order valence-corrected chi connectivity index (χ4v) is 3.51. The van der Waals surface area contributed by atoms with Crippen LogP contribution in [0.25, 0.3) is 0 Å². The quantitative estimate of drug-likeness (QED) is 0.202. The molecule has 0 aliphatic carbocycles. The Balaban J connectivity index is 0.00000364. The monoisotopic (exact) mass is 510 g/mol. The van der Waals surface area contributed by atoms with Crippen LogP contribution >= 0.6 is 35.7 Å². The van der Waals surface area contributed by atoms with Crippen molar-refractivity contribution >= 4 is 47.8 Å². The maximum absolute atomic E-state index is 13.6. The van der Waals surface area contributed by atoms with E-state index in [0.717, 1.165) is 24.6 Å². The Bertz CT molecular complexity index is 613. The number of halogens is 2. The van der Waals surface area contributed by atoms with Crippen LogP contribution in [0.3, 0.4) is 0 Å². The third-order valence-electron chi connectivity index (χ3n) is 4.07. The van der Waals surface area contributed by atoms with E-state index in [2.05, 4.69) is 15.6 Å². The lowest BCUT2D eigenvalue weighted by Crippen LogP contribution is -2.50. The second-order valence-corrected chi connectivity index (χ2v) is 7.02. The van der Waals surface area contributed by atoms with Gasteiger partial charge in [0.15, 0.2) is 5.96 Å². The van der Waals surface area contributed by atoms with Crippen molar-refractivity contribution in [3.05, 3.63) is 30.1 Å². The summed E-state index contributed by atoms with van der Waals surface area (Å²) in [5.74, 6) is 1.28. The summed E-state index contributed by atoms with van der Waals surface area (Å²) < 4.78 is 18.6. The Morgan fingerprint density at radius 3 is 2.70 bits per heavy atom. The molecule has 9 heteroatoms. The number of ether oxygens (including phenoxy) is 1. The van der Waals surface area contributed by atoms with Gasteiger partial charge in [-0.25, -0.2) is 9.18 Å². The first-order chi connectivity index (χ1) is 12.6. The van der Waals surface area contributed by atoms with Crippen molar-refractivity contribution in [3.63, 3.8) is 0 Å². The summed E-state index contributed by atoms with van der Waals surface area (Å²) in [6.07, 6.45) is 1.46. The van der Waals surface area contributed by atoms with E-state index >= 15 is 0 Å². The molecule has 1 aromatic rings. The van der Waals surface area contributed by atoms with E-state index < -0.39 is 0 Å². The molecule has 0 unspecified atom stereocenters. The summed E-state index contributed by atoms with van der Waals surface area (Å²) in [6.45, 7) is 4.25. The van der Waals surface area contributed by atoms with E-state index in [0.29, 0.717) is 31.1 Å². The first-order valence-electron chi connectivity index (χ1n) is 8.90. The molecule has 1 aliphatic heterocycles. The highest BCUT2D eigenvalue weighted by Crippen LogP contribution is 2.20. The highest BCUT2D eigenvalue weighted by atomic mass is 127. The molecule has 6 nitrogen and oxygen atoms in total. The first-order valence-corrected chi connectivity index (χ1v) is 9.88. The van der Waals surface area contributed by atoms with Crippen molar-refractivity contribution < 1.29 is 13.9 Å². The van der Waals surface area contributed by atoms with Crippen molar-refractivity contribution in [3.8, 4) is 0 Å². The minimum Gasteiger partial charge on any atom is -0.450 e. The maximum Gasteiger partial charge on any atom is 0.409 e. The molecule has 1 aliphatic rings. The molecule has 1 saturated heterocycles. The predicted octanol–water partition coefficient (Wildman–Crippen LogP) is 3.32. The highest BCUT2D eigenvalue weighted by Gasteiger charge is 2.23. The van der Waals surface area contributed by atoms with Crippen molar-refractivity contribution in [1.29, 1.82) is 0 Å². The highest BCUT2D eigenvalue weighted by molar-refractivity contribution is 14.0. The number of piperidine rings is 1. The smallest absolute Gasteiger partial charge is 0.409 e. The number of rotatable bonds is 6. The van der Waals surface area contributed by atoms with Crippen LogP contribution in [0.4, 0.5) is 9.18 Å².